The van der Waals surface area contributed by atoms with Crippen molar-refractivity contribution in [3.05, 3.63) is 53.3 Å². The number of aryl methyl sites for hydroxylation is 1. The lowest BCUT2D eigenvalue weighted by Crippen LogP contribution is -2.48. The van der Waals surface area contributed by atoms with E-state index in [1.165, 1.54) is 11.3 Å². The lowest BCUT2D eigenvalue weighted by atomic mass is 10.2. The molecule has 8 nitrogen and oxygen atoms in total. The summed E-state index contributed by atoms with van der Waals surface area (Å²) in [6, 6.07) is 8.13. The second-order valence-corrected chi connectivity index (χ2v) is 8.47. The molecule has 0 spiro atoms. The molecule has 1 aliphatic rings. The number of amides is 1. The Bertz CT molecular complexity index is 1000. The predicted molar refractivity (Wildman–Crippen MR) is 135 cm³/mol. The van der Waals surface area contributed by atoms with Gasteiger partial charge in [-0.05, 0) is 44.2 Å². The van der Waals surface area contributed by atoms with Gasteiger partial charge in [-0.2, -0.15) is 0 Å². The van der Waals surface area contributed by atoms with Crippen LogP contribution in [0.4, 0.5) is 16.5 Å². The number of nitrogens with zero attached hydrogens (tertiary/aromatic N) is 4. The molecule has 0 radical (unpaired) electrons. The highest BCUT2D eigenvalue weighted by Gasteiger charge is 2.18. The van der Waals surface area contributed by atoms with E-state index in [4.69, 9.17) is 5.73 Å². The van der Waals surface area contributed by atoms with Crippen LogP contribution in [0.5, 0.6) is 0 Å². The highest BCUT2D eigenvalue weighted by molar-refractivity contribution is 7.16. The molecule has 170 valence electrons. The van der Waals surface area contributed by atoms with Crippen LogP contribution in [0.1, 0.15) is 24.4 Å². The summed E-state index contributed by atoms with van der Waals surface area (Å²) in [6.45, 7) is 13.6. The Morgan fingerprint density at radius 2 is 1.97 bits per heavy atom. The zero-order valence-electron chi connectivity index (χ0n) is 18.9. The summed E-state index contributed by atoms with van der Waals surface area (Å²) in [5.41, 5.74) is 9.75. The van der Waals surface area contributed by atoms with Crippen molar-refractivity contribution in [3.8, 4) is 0 Å². The fraction of sp³-hybridized carbons (Fsp3) is 0.348. The average Bonchev–Trinajstić information content (AvgIpc) is 3.14. The number of hydrogen-bond acceptors (Lipinski definition) is 8. The molecule has 0 saturated carbocycles. The van der Waals surface area contributed by atoms with Crippen molar-refractivity contribution >= 4 is 45.7 Å². The minimum absolute atomic E-state index is 0.139. The number of piperazine rings is 1. The van der Waals surface area contributed by atoms with E-state index in [9.17, 15) is 4.79 Å². The number of carbonyl (C=O) groups is 1. The van der Waals surface area contributed by atoms with Gasteiger partial charge in [0, 0.05) is 57.2 Å². The van der Waals surface area contributed by atoms with Gasteiger partial charge in [0.05, 0.1) is 16.3 Å². The Morgan fingerprint density at radius 3 is 2.59 bits per heavy atom. The van der Waals surface area contributed by atoms with Gasteiger partial charge in [0.2, 0.25) is 5.91 Å². The molecule has 32 heavy (non-hydrogen) atoms. The van der Waals surface area contributed by atoms with Crippen molar-refractivity contribution in [1.82, 2.24) is 9.88 Å². The first-order valence-corrected chi connectivity index (χ1v) is 11.5. The molecule has 1 aromatic carbocycles. The van der Waals surface area contributed by atoms with Gasteiger partial charge in [-0.1, -0.05) is 17.9 Å². The van der Waals surface area contributed by atoms with Gasteiger partial charge in [-0.3, -0.25) is 4.79 Å². The fourth-order valence-corrected chi connectivity index (χ4v) is 4.38. The molecule has 4 N–H and O–H groups in total. The molecule has 0 atom stereocenters. The first kappa shape index (κ1) is 23.3. The Balaban J connectivity index is 1.53. The van der Waals surface area contributed by atoms with Crippen molar-refractivity contribution < 1.29 is 4.79 Å². The molecule has 0 bridgehead atoms. The van der Waals surface area contributed by atoms with E-state index in [2.05, 4.69) is 44.2 Å². The van der Waals surface area contributed by atoms with Crippen LogP contribution in [0.15, 0.2) is 47.7 Å². The second kappa shape index (κ2) is 10.8. The summed E-state index contributed by atoms with van der Waals surface area (Å²) in [7, 11) is 0. The molecule has 2 heterocycles. The number of aliphatic imine (C=N–C) groups is 1. The van der Waals surface area contributed by atoms with Crippen LogP contribution in [0.3, 0.4) is 0 Å². The van der Waals surface area contributed by atoms with E-state index in [1.807, 2.05) is 30.9 Å². The van der Waals surface area contributed by atoms with Gasteiger partial charge in [-0.25, -0.2) is 9.98 Å². The number of allylic oxidation sites excluding steroid dienone is 1. The third-order valence-corrected chi connectivity index (χ3v) is 6.28. The summed E-state index contributed by atoms with van der Waals surface area (Å²) >= 11 is 1.53. The van der Waals surface area contributed by atoms with Gasteiger partial charge < -0.3 is 26.2 Å². The first-order valence-electron chi connectivity index (χ1n) is 10.6. The zero-order chi connectivity index (χ0) is 23.1. The lowest BCUT2D eigenvalue weighted by molar-refractivity contribution is -0.129. The number of nitrogens with one attached hydrogen (secondary N) is 2. The lowest BCUT2D eigenvalue weighted by Gasteiger charge is -2.35. The monoisotopic (exact) mass is 453 g/mol. The summed E-state index contributed by atoms with van der Waals surface area (Å²) < 4.78 is 0. The quantitative estimate of drug-likeness (QED) is 0.529. The predicted octanol–water partition coefficient (Wildman–Crippen LogP) is 3.51. The van der Waals surface area contributed by atoms with Crippen LogP contribution in [0.2, 0.25) is 0 Å². The maximum absolute atomic E-state index is 11.5. The van der Waals surface area contributed by atoms with Crippen LogP contribution in [-0.4, -0.2) is 54.7 Å². The molecule has 1 aliphatic heterocycles. The average molecular weight is 454 g/mol. The van der Waals surface area contributed by atoms with Crippen molar-refractivity contribution in [1.29, 1.82) is 0 Å². The van der Waals surface area contributed by atoms with Gasteiger partial charge in [0.25, 0.3) is 0 Å². The molecular weight excluding hydrogens is 422 g/mol. The number of anilines is 3. The van der Waals surface area contributed by atoms with E-state index in [-0.39, 0.29) is 5.91 Å². The number of benzene rings is 1. The molecule has 1 amide bonds. The van der Waals surface area contributed by atoms with Crippen LogP contribution in [0.25, 0.3) is 5.70 Å². The Kier molecular flexibility index (Phi) is 7.88. The SMILES string of the molecule is C=C(/N=C\C=C(/N)c1sc(NCC)nc1C)Nc1ccc(N2CCN(C(C)=O)CC2)cc1. The third-order valence-electron chi connectivity index (χ3n) is 5.12. The number of aromatic nitrogens is 1. The van der Waals surface area contributed by atoms with E-state index in [0.29, 0.717) is 11.5 Å². The number of carbonyl (C=O) groups excluding carboxylic acids is 1. The Hall–Kier alpha value is -3.33. The molecule has 0 aliphatic carbocycles. The van der Waals surface area contributed by atoms with E-state index in [1.54, 1.807) is 19.2 Å². The minimum Gasteiger partial charge on any atom is -0.397 e. The number of thiazole rings is 1. The molecular formula is C23H31N7OS. The summed E-state index contributed by atoms with van der Waals surface area (Å²) in [5.74, 6) is 0.659. The third kappa shape index (κ3) is 6.10. The largest absolute Gasteiger partial charge is 0.397 e. The molecule has 9 heteroatoms. The summed E-state index contributed by atoms with van der Waals surface area (Å²) in [4.78, 5) is 25.4. The van der Waals surface area contributed by atoms with Crippen molar-refractivity contribution in [2.75, 3.05) is 48.3 Å². The van der Waals surface area contributed by atoms with Crippen LogP contribution < -0.4 is 21.3 Å². The summed E-state index contributed by atoms with van der Waals surface area (Å²) in [5, 5.41) is 7.26. The van der Waals surface area contributed by atoms with Gasteiger partial charge in [-0.15, -0.1) is 0 Å². The maximum Gasteiger partial charge on any atom is 0.219 e. The van der Waals surface area contributed by atoms with Crippen molar-refractivity contribution in [3.63, 3.8) is 0 Å². The van der Waals surface area contributed by atoms with E-state index in [0.717, 1.165) is 59.8 Å². The van der Waals surface area contributed by atoms with Gasteiger partial charge in [0.15, 0.2) is 5.13 Å². The topological polar surface area (TPSA) is 98.9 Å². The zero-order valence-corrected chi connectivity index (χ0v) is 19.7. The highest BCUT2D eigenvalue weighted by atomic mass is 32.1. The normalized spacial score (nSPS) is 14.7. The fourth-order valence-electron chi connectivity index (χ4n) is 3.41. The molecule has 1 saturated heterocycles. The smallest absolute Gasteiger partial charge is 0.219 e. The van der Waals surface area contributed by atoms with Gasteiger partial charge in [0.1, 0.15) is 5.82 Å². The first-order chi connectivity index (χ1) is 15.4. The summed E-state index contributed by atoms with van der Waals surface area (Å²) in [6.07, 6.45) is 3.40. The minimum atomic E-state index is 0.139. The van der Waals surface area contributed by atoms with E-state index >= 15 is 0 Å². The second-order valence-electron chi connectivity index (χ2n) is 7.48. The van der Waals surface area contributed by atoms with Crippen molar-refractivity contribution in [2.24, 2.45) is 10.7 Å². The molecule has 2 aromatic rings. The van der Waals surface area contributed by atoms with Crippen LogP contribution in [-0.2, 0) is 4.79 Å². The van der Waals surface area contributed by atoms with Crippen LogP contribution in [0, 0.1) is 6.92 Å². The molecule has 1 fully saturated rings. The standard InChI is InChI=1S/C23H31N7OS/c1-5-25-23-27-16(2)22(32-23)21(24)10-11-26-17(3)28-19-6-8-20(9-7-19)30-14-12-29(13-15-30)18(4)31/h6-11,28H,3,5,12-15,24H2,1-2,4H3,(H,25,27)/b21-10-,26-11-. The Morgan fingerprint density at radius 1 is 1.28 bits per heavy atom. The molecule has 0 unspecified atom stereocenters. The molecule has 3 rings (SSSR count). The van der Waals surface area contributed by atoms with E-state index < -0.39 is 0 Å². The van der Waals surface area contributed by atoms with Crippen molar-refractivity contribution in [2.45, 2.75) is 20.8 Å². The molecule has 1 aromatic heterocycles. The Labute approximate surface area is 193 Å². The maximum atomic E-state index is 11.5. The number of hydrogen-bond donors (Lipinski definition) is 3. The highest BCUT2D eigenvalue weighted by Crippen LogP contribution is 2.26. The van der Waals surface area contributed by atoms with Gasteiger partial charge >= 0.3 is 0 Å². The number of nitrogens with two attached hydrogens (primary N) is 1. The number of rotatable bonds is 8. The van der Waals surface area contributed by atoms with Crippen LogP contribution >= 0.6 is 11.3 Å².